The Kier molecular flexibility index (Phi) is 3.43. The van der Waals surface area contributed by atoms with Gasteiger partial charge in [0.05, 0.1) is 7.11 Å². The van der Waals surface area contributed by atoms with E-state index in [1.165, 1.54) is 29.2 Å². The predicted octanol–water partition coefficient (Wildman–Crippen LogP) is 3.70. The highest BCUT2D eigenvalue weighted by Gasteiger charge is 2.20. The zero-order chi connectivity index (χ0) is 13.2. The van der Waals surface area contributed by atoms with E-state index in [4.69, 9.17) is 4.74 Å². The van der Waals surface area contributed by atoms with Crippen LogP contribution in [0.2, 0.25) is 0 Å². The monoisotopic (exact) mass is 255 g/mol. The Balaban J connectivity index is 2.00. The van der Waals surface area contributed by atoms with Gasteiger partial charge in [-0.3, -0.25) is 0 Å². The normalized spacial score (nSPS) is 23.5. The molecule has 0 radical (unpaired) electrons. The molecule has 2 aromatic rings. The number of methoxy groups -OCH3 is 1. The topological polar surface area (TPSA) is 21.3 Å². The highest BCUT2D eigenvalue weighted by Crippen LogP contribution is 2.33. The van der Waals surface area contributed by atoms with Gasteiger partial charge in [-0.25, -0.2) is 0 Å². The molecule has 1 aliphatic heterocycles. The van der Waals surface area contributed by atoms with Crippen molar-refractivity contribution in [1.29, 1.82) is 0 Å². The lowest BCUT2D eigenvalue weighted by Gasteiger charge is -2.28. The number of benzene rings is 2. The number of hydrogen-bond donors (Lipinski definition) is 1. The molecule has 1 N–H and O–H groups in total. The largest absolute Gasteiger partial charge is 0.496 e. The number of nitrogens with one attached hydrogen (secondary N) is 1. The third kappa shape index (κ3) is 2.45. The number of piperidine rings is 1. The van der Waals surface area contributed by atoms with E-state index in [0.29, 0.717) is 12.0 Å². The molecule has 2 atom stereocenters. The van der Waals surface area contributed by atoms with Crippen LogP contribution in [0.5, 0.6) is 5.75 Å². The van der Waals surface area contributed by atoms with Crippen LogP contribution in [0, 0.1) is 0 Å². The second-order valence-electron chi connectivity index (χ2n) is 5.52. The minimum atomic E-state index is 0.618. The van der Waals surface area contributed by atoms with Crippen molar-refractivity contribution >= 4 is 10.8 Å². The molecule has 0 saturated carbocycles. The predicted molar refractivity (Wildman–Crippen MR) is 79.9 cm³/mol. The third-order valence-electron chi connectivity index (χ3n) is 4.18. The molecule has 1 aliphatic rings. The molecule has 0 amide bonds. The van der Waals surface area contributed by atoms with Gasteiger partial charge in [-0.15, -0.1) is 0 Å². The summed E-state index contributed by atoms with van der Waals surface area (Å²) in [6.07, 6.45) is 2.45. The molecule has 0 aliphatic carbocycles. The van der Waals surface area contributed by atoms with E-state index in [1.807, 2.05) is 12.1 Å². The fourth-order valence-corrected chi connectivity index (χ4v) is 3.13. The number of rotatable bonds is 2. The van der Waals surface area contributed by atoms with Crippen molar-refractivity contribution in [2.45, 2.75) is 31.7 Å². The highest BCUT2D eigenvalue weighted by atomic mass is 16.5. The molecule has 1 fully saturated rings. The summed E-state index contributed by atoms with van der Waals surface area (Å²) in [6, 6.07) is 13.7. The van der Waals surface area contributed by atoms with Gasteiger partial charge in [-0.2, -0.15) is 0 Å². The van der Waals surface area contributed by atoms with Crippen molar-refractivity contribution in [2.75, 3.05) is 13.7 Å². The Hall–Kier alpha value is -1.54. The maximum Gasteiger partial charge on any atom is 0.126 e. The third-order valence-corrected chi connectivity index (χ3v) is 4.18. The zero-order valence-corrected chi connectivity index (χ0v) is 11.6. The summed E-state index contributed by atoms with van der Waals surface area (Å²) in [4.78, 5) is 0. The fourth-order valence-electron chi connectivity index (χ4n) is 3.13. The van der Waals surface area contributed by atoms with E-state index >= 15 is 0 Å². The summed E-state index contributed by atoms with van der Waals surface area (Å²) in [5.74, 6) is 1.65. The first-order chi connectivity index (χ1) is 9.28. The first kappa shape index (κ1) is 12.5. The van der Waals surface area contributed by atoms with Crippen LogP contribution in [0.3, 0.4) is 0 Å². The molecule has 1 saturated heterocycles. The lowest BCUT2D eigenvalue weighted by molar-refractivity contribution is 0.381. The van der Waals surface area contributed by atoms with Crippen LogP contribution in [0.15, 0.2) is 36.4 Å². The van der Waals surface area contributed by atoms with Crippen LogP contribution in [-0.4, -0.2) is 19.7 Å². The molecule has 2 aromatic carbocycles. The van der Waals surface area contributed by atoms with Gasteiger partial charge >= 0.3 is 0 Å². The molecule has 3 rings (SSSR count). The molecular weight excluding hydrogens is 234 g/mol. The number of hydrogen-bond acceptors (Lipinski definition) is 2. The average molecular weight is 255 g/mol. The molecule has 0 spiro atoms. The Morgan fingerprint density at radius 3 is 2.89 bits per heavy atom. The van der Waals surface area contributed by atoms with Gasteiger partial charge in [0.15, 0.2) is 0 Å². The van der Waals surface area contributed by atoms with E-state index in [2.05, 4.69) is 36.5 Å². The van der Waals surface area contributed by atoms with E-state index in [9.17, 15) is 0 Å². The van der Waals surface area contributed by atoms with Gasteiger partial charge < -0.3 is 10.1 Å². The first-order valence-electron chi connectivity index (χ1n) is 7.08. The van der Waals surface area contributed by atoms with Crippen LogP contribution >= 0.6 is 0 Å². The quantitative estimate of drug-likeness (QED) is 0.883. The lowest BCUT2D eigenvalue weighted by atomic mass is 9.86. The molecule has 2 nitrogen and oxygen atoms in total. The van der Waals surface area contributed by atoms with Crippen molar-refractivity contribution in [2.24, 2.45) is 0 Å². The van der Waals surface area contributed by atoms with Crippen LogP contribution in [0.4, 0.5) is 0 Å². The molecule has 0 unspecified atom stereocenters. The average Bonchev–Trinajstić information content (AvgIpc) is 2.46. The summed E-state index contributed by atoms with van der Waals surface area (Å²) in [6.45, 7) is 3.39. The second kappa shape index (κ2) is 5.22. The zero-order valence-electron chi connectivity index (χ0n) is 11.6. The van der Waals surface area contributed by atoms with Crippen molar-refractivity contribution in [3.63, 3.8) is 0 Å². The summed E-state index contributed by atoms with van der Waals surface area (Å²) < 4.78 is 5.48. The summed E-state index contributed by atoms with van der Waals surface area (Å²) in [5, 5.41) is 6.00. The number of ether oxygens (including phenoxy) is 1. The Morgan fingerprint density at radius 2 is 2.11 bits per heavy atom. The Morgan fingerprint density at radius 1 is 1.21 bits per heavy atom. The fraction of sp³-hybridized carbons (Fsp3) is 0.412. The van der Waals surface area contributed by atoms with Crippen molar-refractivity contribution in [3.05, 3.63) is 42.0 Å². The molecule has 0 aromatic heterocycles. The van der Waals surface area contributed by atoms with E-state index < -0.39 is 0 Å². The molecule has 0 bridgehead atoms. The first-order valence-corrected chi connectivity index (χ1v) is 7.08. The van der Waals surface area contributed by atoms with Crippen LogP contribution < -0.4 is 10.1 Å². The van der Waals surface area contributed by atoms with E-state index in [0.717, 1.165) is 12.3 Å². The van der Waals surface area contributed by atoms with Gasteiger partial charge in [0.25, 0.3) is 0 Å². The highest BCUT2D eigenvalue weighted by molar-refractivity contribution is 5.89. The van der Waals surface area contributed by atoms with Crippen LogP contribution in [0.25, 0.3) is 10.8 Å². The molecular formula is C17H21NO. The summed E-state index contributed by atoms with van der Waals surface area (Å²) in [5.41, 5.74) is 1.45. The van der Waals surface area contributed by atoms with Crippen molar-refractivity contribution < 1.29 is 4.74 Å². The van der Waals surface area contributed by atoms with Crippen molar-refractivity contribution in [3.8, 4) is 5.75 Å². The maximum absolute atomic E-state index is 5.48. The van der Waals surface area contributed by atoms with Gasteiger partial charge in [-0.05, 0) is 55.3 Å². The molecule has 1 heterocycles. The van der Waals surface area contributed by atoms with Crippen molar-refractivity contribution in [1.82, 2.24) is 5.32 Å². The second-order valence-corrected chi connectivity index (χ2v) is 5.52. The van der Waals surface area contributed by atoms with Crippen LogP contribution in [0.1, 0.15) is 31.2 Å². The number of fused-ring (bicyclic) bond motifs is 1. The lowest BCUT2D eigenvalue weighted by Crippen LogP contribution is -2.34. The Bertz CT molecular complexity index is 578. The minimum Gasteiger partial charge on any atom is -0.496 e. The minimum absolute atomic E-state index is 0.618. The summed E-state index contributed by atoms with van der Waals surface area (Å²) in [7, 11) is 1.74. The maximum atomic E-state index is 5.48. The molecule has 2 heteroatoms. The smallest absolute Gasteiger partial charge is 0.126 e. The molecule has 100 valence electrons. The van der Waals surface area contributed by atoms with E-state index in [1.54, 1.807) is 7.11 Å². The van der Waals surface area contributed by atoms with Gasteiger partial charge in [0, 0.05) is 11.4 Å². The standard InChI is InChI=1S/C17H21NO/c1-12-10-15(8-9-18-12)14-7-6-13-4-3-5-17(19-2)16(13)11-14/h3-7,11-12,15,18H,8-10H2,1-2H3/t12-,15-/m1/s1. The van der Waals surface area contributed by atoms with Gasteiger partial charge in [0.2, 0.25) is 0 Å². The summed E-state index contributed by atoms with van der Waals surface area (Å²) >= 11 is 0. The van der Waals surface area contributed by atoms with Gasteiger partial charge in [0.1, 0.15) is 5.75 Å². The SMILES string of the molecule is COc1cccc2ccc([C@@H]3CCN[C@H](C)C3)cc12. The Labute approximate surface area is 114 Å². The van der Waals surface area contributed by atoms with Crippen LogP contribution in [-0.2, 0) is 0 Å². The van der Waals surface area contributed by atoms with E-state index in [-0.39, 0.29) is 0 Å². The van der Waals surface area contributed by atoms with Gasteiger partial charge in [-0.1, -0.05) is 24.3 Å². The molecule has 19 heavy (non-hydrogen) atoms.